The molecule has 0 bridgehead atoms. The van der Waals surface area contributed by atoms with Crippen LogP contribution in [0.25, 0.3) is 16.6 Å². The molecule has 1 aliphatic heterocycles. The molecule has 43 heavy (non-hydrogen) atoms. The Bertz CT molecular complexity index is 1660. The van der Waals surface area contributed by atoms with Crippen LogP contribution in [0.3, 0.4) is 0 Å². The van der Waals surface area contributed by atoms with Gasteiger partial charge in [-0.2, -0.15) is 0 Å². The topological polar surface area (TPSA) is 67.4 Å². The molecule has 7 rings (SSSR count). The molecule has 0 amide bonds. The zero-order chi connectivity index (χ0) is 29.4. The van der Waals surface area contributed by atoms with Gasteiger partial charge < -0.3 is 14.5 Å². The Balaban J connectivity index is 1.07. The number of aromatic amines is 1. The first-order chi connectivity index (χ1) is 21.0. The molecule has 1 N–H and O–H groups in total. The maximum atomic E-state index is 12.6. The number of H-pyrrole nitrogens is 1. The molecule has 1 spiro atoms. The van der Waals surface area contributed by atoms with E-state index in [2.05, 4.69) is 33.1 Å². The van der Waals surface area contributed by atoms with Crippen molar-refractivity contribution in [1.29, 1.82) is 0 Å². The van der Waals surface area contributed by atoms with Gasteiger partial charge in [-0.15, -0.1) is 0 Å². The Labute approximate surface area is 258 Å². The van der Waals surface area contributed by atoms with Gasteiger partial charge in [0.25, 0.3) is 0 Å². The van der Waals surface area contributed by atoms with E-state index in [9.17, 15) is 4.79 Å². The molecule has 0 atom stereocenters. The zero-order valence-corrected chi connectivity index (χ0v) is 25.5. The number of likely N-dealkylation sites (tertiary alicyclic amines) is 1. The number of hydrogen-bond acceptors (Lipinski definition) is 5. The Morgan fingerprint density at radius 2 is 1.88 bits per heavy atom. The quantitative estimate of drug-likeness (QED) is 0.216. The number of carbonyl (C=O) groups is 1. The van der Waals surface area contributed by atoms with E-state index in [1.807, 2.05) is 42.6 Å². The molecule has 0 unspecified atom stereocenters. The van der Waals surface area contributed by atoms with Crippen LogP contribution in [0.5, 0.6) is 11.5 Å². The largest absolute Gasteiger partial charge is 0.465 e. The second-order valence-electron chi connectivity index (χ2n) is 12.6. The minimum atomic E-state index is -0.409. The fourth-order valence-corrected chi connectivity index (χ4v) is 7.47. The Morgan fingerprint density at radius 1 is 1.07 bits per heavy atom. The van der Waals surface area contributed by atoms with Crippen molar-refractivity contribution < 1.29 is 14.3 Å². The van der Waals surface area contributed by atoms with Crippen LogP contribution in [0, 0.1) is 5.41 Å². The van der Waals surface area contributed by atoms with Gasteiger partial charge in [0.15, 0.2) is 0 Å². The average molecular weight is 596 g/mol. The maximum Gasteiger partial charge on any atom is 0.341 e. The van der Waals surface area contributed by atoms with Crippen LogP contribution in [0.15, 0.2) is 72.6 Å². The van der Waals surface area contributed by atoms with Gasteiger partial charge in [0, 0.05) is 23.2 Å². The molecule has 1 saturated carbocycles. The summed E-state index contributed by atoms with van der Waals surface area (Å²) in [7, 11) is 1.40. The summed E-state index contributed by atoms with van der Waals surface area (Å²) >= 11 is 6.24. The highest BCUT2D eigenvalue weighted by Gasteiger charge is 2.41. The fraction of sp³-hybridized carbons (Fsp3) is 0.389. The summed E-state index contributed by atoms with van der Waals surface area (Å²) in [5, 5.41) is 1.75. The van der Waals surface area contributed by atoms with Gasteiger partial charge in [-0.05, 0) is 122 Å². The van der Waals surface area contributed by atoms with Crippen LogP contribution >= 0.6 is 11.6 Å². The van der Waals surface area contributed by atoms with E-state index < -0.39 is 5.97 Å². The lowest BCUT2D eigenvalue weighted by Crippen LogP contribution is -2.37. The van der Waals surface area contributed by atoms with Crippen LogP contribution in [0.2, 0.25) is 5.02 Å². The van der Waals surface area contributed by atoms with Crippen LogP contribution in [-0.4, -0.2) is 47.6 Å². The van der Waals surface area contributed by atoms with Crippen LogP contribution in [0.4, 0.5) is 0 Å². The number of piperidine rings is 1. The second kappa shape index (κ2) is 11.8. The molecule has 2 aromatic carbocycles. The molecule has 3 aliphatic rings. The molecule has 1 saturated heterocycles. The number of nitrogens with zero attached hydrogens (tertiary/aromatic N) is 2. The minimum absolute atomic E-state index is 0.407. The predicted octanol–water partition coefficient (Wildman–Crippen LogP) is 8.78. The number of fused-ring (bicyclic) bond motifs is 1. The molecule has 2 aromatic heterocycles. The normalized spacial score (nSPS) is 19.0. The number of carbonyl (C=O) groups excluding carboxylic acids is 1. The summed E-state index contributed by atoms with van der Waals surface area (Å²) < 4.78 is 11.3. The smallest absolute Gasteiger partial charge is 0.341 e. The standard InChI is InChI=1S/C36H38ClN3O3/c1-42-35(41)31-8-5-26(20-33(31)43-30-19-27-10-16-38-34(27)39-22-30)24-11-17-40(18-12-24)23-28-9-15-36(13-2-14-36)21-32(28)25-3-6-29(37)7-4-25/h3-8,10,16,19-20,22,24H,2,9,11-15,17-18,21,23H2,1H3,(H,38,39). The molecular weight excluding hydrogens is 558 g/mol. The molecular formula is C36H38ClN3O3. The monoisotopic (exact) mass is 595 g/mol. The maximum absolute atomic E-state index is 12.6. The lowest BCUT2D eigenvalue weighted by molar-refractivity contribution is 0.0598. The van der Waals surface area contributed by atoms with Crippen molar-refractivity contribution in [3.8, 4) is 11.5 Å². The number of ether oxygens (including phenoxy) is 2. The van der Waals surface area contributed by atoms with Crippen molar-refractivity contribution in [2.45, 2.75) is 57.3 Å². The summed E-state index contributed by atoms with van der Waals surface area (Å²) in [6, 6.07) is 18.3. The van der Waals surface area contributed by atoms with E-state index in [1.54, 1.807) is 17.3 Å². The van der Waals surface area contributed by atoms with Gasteiger partial charge in [-0.25, -0.2) is 9.78 Å². The zero-order valence-electron chi connectivity index (χ0n) is 24.7. The Kier molecular flexibility index (Phi) is 7.74. The third-order valence-electron chi connectivity index (χ3n) is 10.0. The highest BCUT2D eigenvalue weighted by atomic mass is 35.5. The van der Waals surface area contributed by atoms with Crippen molar-refractivity contribution in [2.75, 3.05) is 26.7 Å². The van der Waals surface area contributed by atoms with E-state index in [0.717, 1.165) is 48.5 Å². The Morgan fingerprint density at radius 3 is 2.63 bits per heavy atom. The molecule has 2 aliphatic carbocycles. The molecule has 222 valence electrons. The molecule has 4 aromatic rings. The van der Waals surface area contributed by atoms with E-state index in [0.29, 0.717) is 28.4 Å². The number of benzene rings is 2. The van der Waals surface area contributed by atoms with Crippen LogP contribution < -0.4 is 4.74 Å². The van der Waals surface area contributed by atoms with Crippen molar-refractivity contribution in [2.24, 2.45) is 5.41 Å². The van der Waals surface area contributed by atoms with Crippen LogP contribution in [-0.2, 0) is 4.74 Å². The summed E-state index contributed by atoms with van der Waals surface area (Å²) in [4.78, 5) is 22.8. The van der Waals surface area contributed by atoms with Crippen molar-refractivity contribution in [3.63, 3.8) is 0 Å². The number of hydrogen-bond donors (Lipinski definition) is 1. The second-order valence-corrected chi connectivity index (χ2v) is 13.0. The van der Waals surface area contributed by atoms with Gasteiger partial charge in [-0.1, -0.05) is 41.8 Å². The van der Waals surface area contributed by atoms with Crippen molar-refractivity contribution in [1.82, 2.24) is 14.9 Å². The average Bonchev–Trinajstić information content (AvgIpc) is 3.49. The van der Waals surface area contributed by atoms with Crippen molar-refractivity contribution >= 4 is 34.2 Å². The summed E-state index contributed by atoms with van der Waals surface area (Å²) in [5.41, 5.74) is 7.48. The SMILES string of the molecule is COC(=O)c1ccc(C2CCN(CC3=C(c4ccc(Cl)cc4)CC4(CCC4)CC3)CC2)cc1Oc1cnc2[nH]ccc2c1. The molecule has 6 nitrogen and oxygen atoms in total. The third kappa shape index (κ3) is 5.83. The number of esters is 1. The molecule has 0 radical (unpaired) electrons. The van der Waals surface area contributed by atoms with E-state index in [-0.39, 0.29) is 0 Å². The highest BCUT2D eigenvalue weighted by Crippen LogP contribution is 2.55. The first-order valence-electron chi connectivity index (χ1n) is 15.5. The van der Waals surface area contributed by atoms with Crippen molar-refractivity contribution in [3.05, 3.63) is 94.3 Å². The number of methoxy groups -OCH3 is 1. The highest BCUT2D eigenvalue weighted by molar-refractivity contribution is 6.30. The lowest BCUT2D eigenvalue weighted by Gasteiger charge is -2.47. The van der Waals surface area contributed by atoms with E-state index in [4.69, 9.17) is 21.1 Å². The first-order valence-corrected chi connectivity index (χ1v) is 15.9. The van der Waals surface area contributed by atoms with Gasteiger partial charge in [0.1, 0.15) is 22.7 Å². The fourth-order valence-electron chi connectivity index (χ4n) is 7.34. The molecule has 3 heterocycles. The van der Waals surface area contributed by atoms with Gasteiger partial charge in [-0.3, -0.25) is 4.90 Å². The minimum Gasteiger partial charge on any atom is -0.465 e. The van der Waals surface area contributed by atoms with E-state index >= 15 is 0 Å². The lowest BCUT2D eigenvalue weighted by atomic mass is 9.59. The Hall–Kier alpha value is -3.61. The van der Waals surface area contributed by atoms with Gasteiger partial charge >= 0.3 is 5.97 Å². The van der Waals surface area contributed by atoms with E-state index in [1.165, 1.54) is 56.8 Å². The molecule has 7 heteroatoms. The molecule has 2 fully saturated rings. The first kappa shape index (κ1) is 28.2. The summed E-state index contributed by atoms with van der Waals surface area (Å²) in [6.45, 7) is 3.15. The number of halogens is 1. The summed E-state index contributed by atoms with van der Waals surface area (Å²) in [6.07, 6.45) is 13.5. The summed E-state index contributed by atoms with van der Waals surface area (Å²) in [5.74, 6) is 1.09. The predicted molar refractivity (Wildman–Crippen MR) is 171 cm³/mol. The van der Waals surface area contributed by atoms with Crippen LogP contribution in [0.1, 0.15) is 78.8 Å². The number of allylic oxidation sites excluding steroid dienone is 1. The number of nitrogens with one attached hydrogen (secondary N) is 1. The number of rotatable bonds is 7. The van der Waals surface area contributed by atoms with Gasteiger partial charge in [0.2, 0.25) is 0 Å². The number of pyridine rings is 1. The number of aromatic nitrogens is 2. The van der Waals surface area contributed by atoms with Gasteiger partial charge in [0.05, 0.1) is 13.3 Å². The third-order valence-corrected chi connectivity index (χ3v) is 10.3.